The predicted molar refractivity (Wildman–Crippen MR) is 70.9 cm³/mol. The summed E-state index contributed by atoms with van der Waals surface area (Å²) < 4.78 is 3.59. The van der Waals surface area contributed by atoms with Gasteiger partial charge in [0.25, 0.3) is 5.95 Å². The van der Waals surface area contributed by atoms with Crippen molar-refractivity contribution >= 4 is 23.2 Å². The Morgan fingerprint density at radius 2 is 1.83 bits per heavy atom. The molecule has 0 aliphatic rings. The lowest BCUT2D eigenvalue weighted by Gasteiger charge is -2.08. The Bertz CT molecular complexity index is 693. The smallest absolute Gasteiger partial charge is 0.262 e. The zero-order valence-electron chi connectivity index (χ0n) is 10.1. The highest BCUT2D eigenvalue weighted by atomic mass is 35.5. The number of anilines is 1. The molecule has 3 heterocycles. The number of halogens is 1. The number of fused-ring (bicyclic) bond motifs is 1. The van der Waals surface area contributed by atoms with Crippen LogP contribution in [0.2, 0.25) is 5.02 Å². The number of rotatable bonds is 2. The third-order valence-electron chi connectivity index (χ3n) is 2.78. The first kappa shape index (κ1) is 11.1. The Morgan fingerprint density at radius 3 is 2.56 bits per heavy atom. The van der Waals surface area contributed by atoms with Crippen molar-refractivity contribution in [3.63, 3.8) is 0 Å². The maximum Gasteiger partial charge on any atom is 0.262 e. The molecule has 0 saturated heterocycles. The van der Waals surface area contributed by atoms with E-state index in [0.29, 0.717) is 11.0 Å². The molecule has 0 fully saturated rings. The molecule has 0 unspecified atom stereocenters. The third-order valence-corrected chi connectivity index (χ3v) is 3.00. The summed E-state index contributed by atoms with van der Waals surface area (Å²) >= 11 is 5.91. The van der Waals surface area contributed by atoms with Crippen molar-refractivity contribution in [1.82, 2.24) is 19.3 Å². The van der Waals surface area contributed by atoms with E-state index >= 15 is 0 Å². The van der Waals surface area contributed by atoms with E-state index in [0.717, 1.165) is 17.0 Å². The molecule has 0 atom stereocenters. The molecule has 1 N–H and O–H groups in total. The fourth-order valence-electron chi connectivity index (χ4n) is 1.85. The molecule has 18 heavy (non-hydrogen) atoms. The van der Waals surface area contributed by atoms with Crippen LogP contribution in [0.1, 0.15) is 11.4 Å². The Kier molecular flexibility index (Phi) is 2.48. The molecule has 6 heteroatoms. The van der Waals surface area contributed by atoms with Crippen LogP contribution in [0.3, 0.4) is 0 Å². The highest BCUT2D eigenvalue weighted by molar-refractivity contribution is 6.30. The number of aryl methyl sites for hydroxylation is 2. The van der Waals surface area contributed by atoms with E-state index < -0.39 is 0 Å². The molecule has 92 valence electrons. The summed E-state index contributed by atoms with van der Waals surface area (Å²) in [6.45, 7) is 4.04. The highest BCUT2D eigenvalue weighted by Crippen LogP contribution is 2.13. The molecule has 0 aliphatic carbocycles. The van der Waals surface area contributed by atoms with E-state index in [-0.39, 0.29) is 0 Å². The van der Waals surface area contributed by atoms with Crippen LogP contribution in [0, 0.1) is 13.8 Å². The van der Waals surface area contributed by atoms with Crippen LogP contribution in [-0.4, -0.2) is 19.3 Å². The minimum atomic E-state index is 0.541. The molecule has 3 rings (SSSR count). The molecule has 0 bridgehead atoms. The Hall–Kier alpha value is -2.01. The van der Waals surface area contributed by atoms with Gasteiger partial charge in [-0.05, 0) is 38.1 Å². The van der Waals surface area contributed by atoms with Gasteiger partial charge in [0, 0.05) is 17.6 Å². The summed E-state index contributed by atoms with van der Waals surface area (Å²) in [4.78, 5) is 4.37. The minimum Gasteiger partial charge on any atom is -0.262 e. The summed E-state index contributed by atoms with van der Waals surface area (Å²) in [5.41, 5.74) is 6.12. The quantitative estimate of drug-likeness (QED) is 0.772. The average Bonchev–Trinajstić information content (AvgIpc) is 2.86. The Balaban J connectivity index is 2.00. The molecule has 3 aromatic rings. The van der Waals surface area contributed by atoms with Crippen molar-refractivity contribution in [2.45, 2.75) is 13.8 Å². The molecular weight excluding hydrogens is 250 g/mol. The number of pyridine rings is 1. The summed E-state index contributed by atoms with van der Waals surface area (Å²) in [5, 5.41) is 4.95. The second kappa shape index (κ2) is 4.03. The molecule has 3 aromatic heterocycles. The number of nitrogens with zero attached hydrogens (tertiary/aromatic N) is 4. The van der Waals surface area contributed by atoms with E-state index in [4.69, 9.17) is 11.6 Å². The summed E-state index contributed by atoms with van der Waals surface area (Å²) in [7, 11) is 0. The van der Waals surface area contributed by atoms with Gasteiger partial charge in [-0.3, -0.25) is 10.1 Å². The van der Waals surface area contributed by atoms with E-state index in [2.05, 4.69) is 15.5 Å². The van der Waals surface area contributed by atoms with Crippen molar-refractivity contribution in [2.75, 3.05) is 5.43 Å². The number of aromatic nitrogens is 4. The van der Waals surface area contributed by atoms with Crippen LogP contribution in [0.25, 0.3) is 5.65 Å². The SMILES string of the molecule is Cc1ccc(C)n1Nc1nc2ccc(Cl)cn2n1. The molecule has 0 radical (unpaired) electrons. The van der Waals surface area contributed by atoms with Crippen LogP contribution in [0.15, 0.2) is 30.5 Å². The largest absolute Gasteiger partial charge is 0.262 e. The van der Waals surface area contributed by atoms with Gasteiger partial charge in [-0.1, -0.05) is 11.6 Å². The summed E-state index contributed by atoms with van der Waals surface area (Å²) in [5.74, 6) is 0.541. The Morgan fingerprint density at radius 1 is 1.11 bits per heavy atom. The van der Waals surface area contributed by atoms with Gasteiger partial charge >= 0.3 is 0 Å². The predicted octanol–water partition coefficient (Wildman–Crippen LogP) is 2.68. The fraction of sp³-hybridized carbons (Fsp3) is 0.167. The second-order valence-electron chi connectivity index (χ2n) is 4.15. The normalized spacial score (nSPS) is 11.1. The first-order chi connectivity index (χ1) is 8.63. The van der Waals surface area contributed by atoms with Crippen molar-refractivity contribution in [3.8, 4) is 0 Å². The van der Waals surface area contributed by atoms with Gasteiger partial charge in [0.15, 0.2) is 5.65 Å². The minimum absolute atomic E-state index is 0.541. The topological polar surface area (TPSA) is 47.2 Å². The first-order valence-electron chi connectivity index (χ1n) is 5.57. The highest BCUT2D eigenvalue weighted by Gasteiger charge is 2.06. The lowest BCUT2D eigenvalue weighted by molar-refractivity contribution is 0.849. The number of hydrogen-bond donors (Lipinski definition) is 1. The van der Waals surface area contributed by atoms with Crippen molar-refractivity contribution < 1.29 is 0 Å². The number of hydrogen-bond acceptors (Lipinski definition) is 3. The van der Waals surface area contributed by atoms with E-state index in [1.807, 2.05) is 36.7 Å². The molecular formula is C12H12ClN5. The second-order valence-corrected chi connectivity index (χ2v) is 4.59. The van der Waals surface area contributed by atoms with Crippen molar-refractivity contribution in [1.29, 1.82) is 0 Å². The Labute approximate surface area is 109 Å². The molecule has 0 spiro atoms. The van der Waals surface area contributed by atoms with Crippen LogP contribution in [0.4, 0.5) is 5.95 Å². The molecule has 5 nitrogen and oxygen atoms in total. The van der Waals surface area contributed by atoms with Crippen LogP contribution in [-0.2, 0) is 0 Å². The third kappa shape index (κ3) is 1.82. The van der Waals surface area contributed by atoms with Crippen LogP contribution >= 0.6 is 11.6 Å². The van der Waals surface area contributed by atoms with Crippen molar-refractivity contribution in [3.05, 3.63) is 46.9 Å². The average molecular weight is 262 g/mol. The summed E-state index contributed by atoms with van der Waals surface area (Å²) in [6.07, 6.45) is 1.73. The van der Waals surface area contributed by atoms with E-state index in [9.17, 15) is 0 Å². The van der Waals surface area contributed by atoms with Gasteiger partial charge in [0.2, 0.25) is 0 Å². The van der Waals surface area contributed by atoms with E-state index in [1.54, 1.807) is 16.8 Å². The lowest BCUT2D eigenvalue weighted by atomic mass is 10.5. The van der Waals surface area contributed by atoms with Crippen LogP contribution in [0.5, 0.6) is 0 Å². The van der Waals surface area contributed by atoms with Gasteiger partial charge in [0.1, 0.15) is 0 Å². The van der Waals surface area contributed by atoms with Gasteiger partial charge in [-0.2, -0.15) is 4.98 Å². The number of nitrogens with one attached hydrogen (secondary N) is 1. The maximum atomic E-state index is 5.91. The lowest BCUT2D eigenvalue weighted by Crippen LogP contribution is -2.13. The standard InChI is InChI=1S/C12H12ClN5/c1-8-3-4-9(2)18(8)16-12-14-11-6-5-10(13)7-17(11)15-12/h3-7H,1-2H3,(H,15,16). The van der Waals surface area contributed by atoms with Gasteiger partial charge in [-0.15, -0.1) is 5.10 Å². The monoisotopic (exact) mass is 261 g/mol. The van der Waals surface area contributed by atoms with Gasteiger partial charge in [-0.25, -0.2) is 4.52 Å². The zero-order valence-corrected chi connectivity index (χ0v) is 10.8. The van der Waals surface area contributed by atoms with Crippen molar-refractivity contribution in [2.24, 2.45) is 0 Å². The first-order valence-corrected chi connectivity index (χ1v) is 5.95. The summed E-state index contributed by atoms with van der Waals surface area (Å²) in [6, 6.07) is 7.70. The molecule has 0 aromatic carbocycles. The zero-order chi connectivity index (χ0) is 12.7. The molecule has 0 aliphatic heterocycles. The van der Waals surface area contributed by atoms with Gasteiger partial charge < -0.3 is 0 Å². The molecule has 0 amide bonds. The fourth-order valence-corrected chi connectivity index (χ4v) is 2.01. The molecule has 0 saturated carbocycles. The van der Waals surface area contributed by atoms with E-state index in [1.165, 1.54) is 0 Å². The van der Waals surface area contributed by atoms with Crippen LogP contribution < -0.4 is 5.43 Å². The maximum absolute atomic E-state index is 5.91. The van der Waals surface area contributed by atoms with Gasteiger partial charge in [0.05, 0.1) is 5.02 Å².